The van der Waals surface area contributed by atoms with Gasteiger partial charge in [-0.1, -0.05) is 18.2 Å². The topological polar surface area (TPSA) is 31.0 Å². The molecule has 0 unspecified atom stereocenters. The molecule has 0 aliphatic carbocycles. The Hall–Kier alpha value is -3.02. The Balaban J connectivity index is 1.63. The molecular weight excluding hydrogens is 341 g/mol. The van der Waals surface area contributed by atoms with Crippen molar-refractivity contribution in [3.8, 4) is 11.5 Å². The first-order valence-electron chi connectivity index (χ1n) is 8.09. The Morgan fingerprint density at radius 3 is 2.46 bits per heavy atom. The van der Waals surface area contributed by atoms with E-state index in [2.05, 4.69) is 9.55 Å². The molecule has 4 aromatic rings. The van der Waals surface area contributed by atoms with Crippen LogP contribution in [0.1, 0.15) is 17.0 Å². The molecular formula is C20H15F3N2O. The van der Waals surface area contributed by atoms with Crippen molar-refractivity contribution in [3.63, 3.8) is 0 Å². The van der Waals surface area contributed by atoms with Crippen LogP contribution in [-0.2, 0) is 12.7 Å². The van der Waals surface area contributed by atoms with E-state index in [1.807, 2.05) is 43.5 Å². The standard InChI is InChI=1S/C20H15F3N2O/c1-13-17(12-25-11-10-14-4-2-3-5-18(14)25)24-19(26-13)15-6-8-16(9-7-15)20(21,22)23/h2-11H,12H2,1H3. The Labute approximate surface area is 147 Å². The van der Waals surface area contributed by atoms with Crippen LogP contribution in [0.5, 0.6) is 0 Å². The number of hydrogen-bond acceptors (Lipinski definition) is 2. The third-order valence-corrected chi connectivity index (χ3v) is 4.35. The molecule has 0 atom stereocenters. The van der Waals surface area contributed by atoms with Crippen LogP contribution in [0.4, 0.5) is 13.2 Å². The van der Waals surface area contributed by atoms with Gasteiger partial charge in [-0.25, -0.2) is 4.98 Å². The van der Waals surface area contributed by atoms with Gasteiger partial charge in [0.15, 0.2) is 0 Å². The second-order valence-corrected chi connectivity index (χ2v) is 6.10. The molecule has 0 N–H and O–H groups in total. The van der Waals surface area contributed by atoms with Gasteiger partial charge in [0.1, 0.15) is 11.5 Å². The summed E-state index contributed by atoms with van der Waals surface area (Å²) in [6.07, 6.45) is -2.37. The number of aryl methyl sites for hydroxylation is 1. The van der Waals surface area contributed by atoms with Gasteiger partial charge >= 0.3 is 6.18 Å². The summed E-state index contributed by atoms with van der Waals surface area (Å²) in [4.78, 5) is 4.48. The van der Waals surface area contributed by atoms with Crippen LogP contribution < -0.4 is 0 Å². The van der Waals surface area contributed by atoms with Gasteiger partial charge in [0.25, 0.3) is 0 Å². The molecule has 0 radical (unpaired) electrons. The molecule has 2 heterocycles. The van der Waals surface area contributed by atoms with Crippen molar-refractivity contribution in [3.05, 3.63) is 77.8 Å². The van der Waals surface area contributed by atoms with Crippen LogP contribution in [-0.4, -0.2) is 9.55 Å². The fourth-order valence-electron chi connectivity index (χ4n) is 2.94. The van der Waals surface area contributed by atoms with Crippen LogP contribution in [0.15, 0.2) is 65.2 Å². The average Bonchev–Trinajstić information content (AvgIpc) is 3.19. The summed E-state index contributed by atoms with van der Waals surface area (Å²) in [6.45, 7) is 2.34. The number of benzene rings is 2. The molecule has 2 aromatic carbocycles. The summed E-state index contributed by atoms with van der Waals surface area (Å²) in [5.74, 6) is 0.973. The minimum absolute atomic E-state index is 0.322. The largest absolute Gasteiger partial charge is 0.441 e. The normalized spacial score (nSPS) is 12.0. The molecule has 2 aromatic heterocycles. The molecule has 4 rings (SSSR count). The predicted molar refractivity (Wildman–Crippen MR) is 92.7 cm³/mol. The van der Waals surface area contributed by atoms with Gasteiger partial charge in [-0.15, -0.1) is 0 Å². The maximum Gasteiger partial charge on any atom is 0.416 e. The van der Waals surface area contributed by atoms with Gasteiger partial charge < -0.3 is 8.98 Å². The first-order valence-corrected chi connectivity index (χ1v) is 8.09. The quantitative estimate of drug-likeness (QED) is 0.473. The van der Waals surface area contributed by atoms with Crippen LogP contribution in [0, 0.1) is 6.92 Å². The third kappa shape index (κ3) is 2.98. The first-order chi connectivity index (χ1) is 12.4. The molecule has 0 saturated heterocycles. The summed E-state index contributed by atoms with van der Waals surface area (Å²) >= 11 is 0. The van der Waals surface area contributed by atoms with Gasteiger partial charge in [0.05, 0.1) is 12.1 Å². The van der Waals surface area contributed by atoms with Crippen molar-refractivity contribution >= 4 is 10.9 Å². The van der Waals surface area contributed by atoms with E-state index in [4.69, 9.17) is 4.42 Å². The van der Waals surface area contributed by atoms with E-state index in [0.29, 0.717) is 23.8 Å². The summed E-state index contributed by atoms with van der Waals surface area (Å²) in [7, 11) is 0. The third-order valence-electron chi connectivity index (χ3n) is 4.35. The lowest BCUT2D eigenvalue weighted by molar-refractivity contribution is -0.137. The second kappa shape index (κ2) is 6.05. The molecule has 3 nitrogen and oxygen atoms in total. The lowest BCUT2D eigenvalue weighted by Gasteiger charge is -2.06. The van der Waals surface area contributed by atoms with Crippen LogP contribution >= 0.6 is 0 Å². The van der Waals surface area contributed by atoms with Crippen molar-refractivity contribution in [1.82, 2.24) is 9.55 Å². The van der Waals surface area contributed by atoms with Gasteiger partial charge in [0.2, 0.25) is 5.89 Å². The van der Waals surface area contributed by atoms with E-state index in [1.165, 1.54) is 12.1 Å². The number of para-hydroxylation sites is 1. The summed E-state index contributed by atoms with van der Waals surface area (Å²) in [5, 5.41) is 1.14. The lowest BCUT2D eigenvalue weighted by Crippen LogP contribution is -2.04. The SMILES string of the molecule is Cc1oc(-c2ccc(C(F)(F)F)cc2)nc1Cn1ccc2ccccc21. The highest BCUT2D eigenvalue weighted by molar-refractivity contribution is 5.80. The number of nitrogens with zero attached hydrogens (tertiary/aromatic N) is 2. The van der Waals surface area contributed by atoms with E-state index in [0.717, 1.165) is 28.7 Å². The fraction of sp³-hybridized carbons (Fsp3) is 0.150. The average molecular weight is 356 g/mol. The maximum atomic E-state index is 12.7. The fourth-order valence-corrected chi connectivity index (χ4v) is 2.94. The number of fused-ring (bicyclic) bond motifs is 1. The highest BCUT2D eigenvalue weighted by atomic mass is 19.4. The zero-order valence-electron chi connectivity index (χ0n) is 13.9. The number of halogens is 3. The Bertz CT molecular complexity index is 1060. The molecule has 0 amide bonds. The van der Waals surface area contributed by atoms with E-state index in [9.17, 15) is 13.2 Å². The minimum Gasteiger partial charge on any atom is -0.441 e. The highest BCUT2D eigenvalue weighted by Gasteiger charge is 2.30. The molecule has 0 bridgehead atoms. The van der Waals surface area contributed by atoms with Crippen molar-refractivity contribution in [2.75, 3.05) is 0 Å². The van der Waals surface area contributed by atoms with Gasteiger partial charge in [-0.2, -0.15) is 13.2 Å². The van der Waals surface area contributed by atoms with Crippen molar-refractivity contribution < 1.29 is 17.6 Å². The van der Waals surface area contributed by atoms with Gasteiger partial charge in [-0.05, 0) is 48.7 Å². The summed E-state index contributed by atoms with van der Waals surface area (Å²) in [5.41, 5.74) is 1.67. The summed E-state index contributed by atoms with van der Waals surface area (Å²) < 4.78 is 45.8. The molecule has 0 fully saturated rings. The number of alkyl halides is 3. The highest BCUT2D eigenvalue weighted by Crippen LogP contribution is 2.31. The number of hydrogen-bond donors (Lipinski definition) is 0. The van der Waals surface area contributed by atoms with E-state index < -0.39 is 11.7 Å². The Morgan fingerprint density at radius 1 is 1.00 bits per heavy atom. The lowest BCUT2D eigenvalue weighted by atomic mass is 10.1. The second-order valence-electron chi connectivity index (χ2n) is 6.10. The van der Waals surface area contributed by atoms with E-state index in [1.54, 1.807) is 0 Å². The number of aromatic nitrogens is 2. The molecule has 26 heavy (non-hydrogen) atoms. The first kappa shape index (κ1) is 16.4. The molecule has 6 heteroatoms. The molecule has 132 valence electrons. The molecule has 0 spiro atoms. The Morgan fingerprint density at radius 2 is 1.73 bits per heavy atom. The van der Waals surface area contributed by atoms with Gasteiger partial charge in [-0.3, -0.25) is 0 Å². The minimum atomic E-state index is -4.36. The van der Waals surface area contributed by atoms with Crippen LogP contribution in [0.25, 0.3) is 22.4 Å². The number of rotatable bonds is 3. The van der Waals surface area contributed by atoms with Crippen LogP contribution in [0.2, 0.25) is 0 Å². The molecule has 0 saturated carbocycles. The van der Waals surface area contributed by atoms with E-state index >= 15 is 0 Å². The maximum absolute atomic E-state index is 12.7. The summed E-state index contributed by atoms with van der Waals surface area (Å²) in [6, 6.07) is 14.9. The molecule has 0 aliphatic rings. The monoisotopic (exact) mass is 356 g/mol. The zero-order valence-corrected chi connectivity index (χ0v) is 13.9. The molecule has 0 aliphatic heterocycles. The van der Waals surface area contributed by atoms with Crippen molar-refractivity contribution in [2.45, 2.75) is 19.6 Å². The van der Waals surface area contributed by atoms with Crippen molar-refractivity contribution in [2.24, 2.45) is 0 Å². The van der Waals surface area contributed by atoms with Gasteiger partial charge in [0, 0.05) is 17.3 Å². The van der Waals surface area contributed by atoms with E-state index in [-0.39, 0.29) is 0 Å². The number of oxazole rings is 1. The smallest absolute Gasteiger partial charge is 0.416 e. The zero-order chi connectivity index (χ0) is 18.3. The van der Waals surface area contributed by atoms with Crippen molar-refractivity contribution in [1.29, 1.82) is 0 Å². The van der Waals surface area contributed by atoms with Crippen LogP contribution in [0.3, 0.4) is 0 Å². The predicted octanol–water partition coefficient (Wildman–Crippen LogP) is 5.67. The Kier molecular flexibility index (Phi) is 3.83.